The van der Waals surface area contributed by atoms with E-state index in [2.05, 4.69) is 5.32 Å². The van der Waals surface area contributed by atoms with Crippen LogP contribution < -0.4 is 16.0 Å². The fourth-order valence-electron chi connectivity index (χ4n) is 1.52. The Morgan fingerprint density at radius 1 is 1.59 bits per heavy atom. The van der Waals surface area contributed by atoms with E-state index in [4.69, 9.17) is 10.8 Å². The molecule has 5 nitrogen and oxygen atoms in total. The van der Waals surface area contributed by atoms with Crippen LogP contribution in [0.4, 0.5) is 11.4 Å². The number of anilines is 2. The van der Waals surface area contributed by atoms with Crippen molar-refractivity contribution >= 4 is 17.3 Å². The summed E-state index contributed by atoms with van der Waals surface area (Å²) in [6.45, 7) is 1.94. The van der Waals surface area contributed by atoms with Crippen LogP contribution in [-0.2, 0) is 0 Å². The van der Waals surface area contributed by atoms with Gasteiger partial charge in [-0.1, -0.05) is 0 Å². The van der Waals surface area contributed by atoms with Crippen LogP contribution in [0.1, 0.15) is 17.3 Å². The Kier molecular flexibility index (Phi) is 4.34. The zero-order valence-corrected chi connectivity index (χ0v) is 10.4. The van der Waals surface area contributed by atoms with Crippen molar-refractivity contribution in [1.29, 1.82) is 0 Å². The van der Waals surface area contributed by atoms with Crippen LogP contribution in [0, 0.1) is 0 Å². The number of nitrogens with two attached hydrogens (primary N) is 1. The molecule has 0 aliphatic carbocycles. The standard InChI is InChI=1S/C12H19N3O2/c1-8(7-16)15(3)11-5-4-9(6-10(11)13)12(17)14-2/h4-6,8,16H,7,13H2,1-3H3,(H,14,17). The number of aliphatic hydroxyl groups excluding tert-OH is 1. The van der Waals surface area contributed by atoms with E-state index >= 15 is 0 Å². The number of aliphatic hydroxyl groups is 1. The number of nitrogens with one attached hydrogen (secondary N) is 1. The maximum atomic E-state index is 11.4. The number of rotatable bonds is 4. The molecule has 0 aliphatic heterocycles. The maximum Gasteiger partial charge on any atom is 0.251 e. The van der Waals surface area contributed by atoms with Gasteiger partial charge >= 0.3 is 0 Å². The Balaban J connectivity index is 3.01. The van der Waals surface area contributed by atoms with E-state index in [1.807, 2.05) is 18.9 Å². The Hall–Kier alpha value is -1.75. The molecule has 17 heavy (non-hydrogen) atoms. The van der Waals surface area contributed by atoms with E-state index < -0.39 is 0 Å². The third kappa shape index (κ3) is 2.88. The van der Waals surface area contributed by atoms with Crippen LogP contribution in [0.5, 0.6) is 0 Å². The second-order valence-electron chi connectivity index (χ2n) is 4.00. The lowest BCUT2D eigenvalue weighted by atomic mass is 10.1. The summed E-state index contributed by atoms with van der Waals surface area (Å²) in [5.74, 6) is -0.166. The average molecular weight is 237 g/mol. The maximum absolute atomic E-state index is 11.4. The number of amides is 1. The number of nitrogen functional groups attached to an aromatic ring is 1. The molecule has 1 aromatic carbocycles. The number of nitrogens with zero attached hydrogens (tertiary/aromatic N) is 1. The topological polar surface area (TPSA) is 78.6 Å². The van der Waals surface area contributed by atoms with Crippen LogP contribution in [-0.4, -0.2) is 37.8 Å². The lowest BCUT2D eigenvalue weighted by molar-refractivity contribution is 0.0963. The first-order chi connectivity index (χ1) is 8.01. The number of hydrogen-bond acceptors (Lipinski definition) is 4. The van der Waals surface area contributed by atoms with E-state index in [0.29, 0.717) is 11.3 Å². The highest BCUT2D eigenvalue weighted by Crippen LogP contribution is 2.24. The third-order valence-electron chi connectivity index (χ3n) is 2.82. The summed E-state index contributed by atoms with van der Waals surface area (Å²) < 4.78 is 0. The van der Waals surface area contributed by atoms with Gasteiger partial charge in [-0.25, -0.2) is 0 Å². The number of carbonyl (C=O) groups is 1. The third-order valence-corrected chi connectivity index (χ3v) is 2.82. The predicted octanol–water partition coefficient (Wildman–Crippen LogP) is 0.445. The van der Waals surface area contributed by atoms with Crippen molar-refractivity contribution in [3.63, 3.8) is 0 Å². The molecule has 1 rings (SSSR count). The van der Waals surface area contributed by atoms with E-state index in [0.717, 1.165) is 5.69 Å². The molecular formula is C12H19N3O2. The first-order valence-electron chi connectivity index (χ1n) is 5.46. The summed E-state index contributed by atoms with van der Waals surface area (Å²) in [6.07, 6.45) is 0. The Bertz CT molecular complexity index is 407. The molecule has 0 aromatic heterocycles. The number of benzene rings is 1. The van der Waals surface area contributed by atoms with Crippen molar-refractivity contribution in [2.24, 2.45) is 0 Å². The Labute approximate surface area is 101 Å². The highest BCUT2D eigenvalue weighted by molar-refractivity contribution is 5.96. The molecule has 1 unspecified atom stereocenters. The molecule has 0 heterocycles. The highest BCUT2D eigenvalue weighted by Gasteiger charge is 2.13. The largest absolute Gasteiger partial charge is 0.397 e. The molecule has 0 saturated heterocycles. The van der Waals surface area contributed by atoms with Crippen LogP contribution in [0.15, 0.2) is 18.2 Å². The Morgan fingerprint density at radius 2 is 2.24 bits per heavy atom. The zero-order chi connectivity index (χ0) is 13.0. The lowest BCUT2D eigenvalue weighted by Crippen LogP contribution is -2.32. The molecule has 5 heteroatoms. The second kappa shape index (κ2) is 5.54. The van der Waals surface area contributed by atoms with Gasteiger partial charge < -0.3 is 21.1 Å². The van der Waals surface area contributed by atoms with Gasteiger partial charge in [0.15, 0.2) is 0 Å². The summed E-state index contributed by atoms with van der Waals surface area (Å²) in [5, 5.41) is 11.6. The van der Waals surface area contributed by atoms with E-state index in [-0.39, 0.29) is 18.6 Å². The molecule has 0 radical (unpaired) electrons. The van der Waals surface area contributed by atoms with Crippen LogP contribution in [0.2, 0.25) is 0 Å². The van der Waals surface area contributed by atoms with Crippen molar-refractivity contribution in [2.75, 3.05) is 31.3 Å². The summed E-state index contributed by atoms with van der Waals surface area (Å²) >= 11 is 0. The van der Waals surface area contributed by atoms with Gasteiger partial charge in [-0.15, -0.1) is 0 Å². The van der Waals surface area contributed by atoms with Crippen molar-refractivity contribution in [1.82, 2.24) is 5.32 Å². The predicted molar refractivity (Wildman–Crippen MR) is 69.2 cm³/mol. The van der Waals surface area contributed by atoms with Gasteiger partial charge in [-0.3, -0.25) is 4.79 Å². The SMILES string of the molecule is CNC(=O)c1ccc(N(C)C(C)CO)c(N)c1. The van der Waals surface area contributed by atoms with E-state index in [1.54, 1.807) is 25.2 Å². The smallest absolute Gasteiger partial charge is 0.251 e. The monoisotopic (exact) mass is 237 g/mol. The molecule has 0 spiro atoms. The number of likely N-dealkylation sites (N-methyl/N-ethyl adjacent to an activating group) is 1. The zero-order valence-electron chi connectivity index (χ0n) is 10.4. The van der Waals surface area contributed by atoms with Crippen molar-refractivity contribution in [2.45, 2.75) is 13.0 Å². The van der Waals surface area contributed by atoms with Crippen molar-refractivity contribution in [3.8, 4) is 0 Å². The quantitative estimate of drug-likeness (QED) is 0.664. The first-order valence-corrected chi connectivity index (χ1v) is 5.46. The molecule has 1 amide bonds. The molecule has 0 fully saturated rings. The van der Waals surface area contributed by atoms with Gasteiger partial charge in [0, 0.05) is 25.7 Å². The molecule has 0 bridgehead atoms. The minimum atomic E-state index is -0.166. The number of carbonyl (C=O) groups excluding carboxylic acids is 1. The molecular weight excluding hydrogens is 218 g/mol. The second-order valence-corrected chi connectivity index (χ2v) is 4.00. The van der Waals surface area contributed by atoms with Crippen molar-refractivity contribution in [3.05, 3.63) is 23.8 Å². The van der Waals surface area contributed by atoms with Gasteiger partial charge in [-0.2, -0.15) is 0 Å². The molecule has 0 aliphatic rings. The van der Waals surface area contributed by atoms with Gasteiger partial charge in [0.25, 0.3) is 5.91 Å². The van der Waals surface area contributed by atoms with Crippen molar-refractivity contribution < 1.29 is 9.90 Å². The van der Waals surface area contributed by atoms with Gasteiger partial charge in [-0.05, 0) is 25.1 Å². The average Bonchev–Trinajstić information content (AvgIpc) is 2.35. The summed E-state index contributed by atoms with van der Waals surface area (Å²) in [6, 6.07) is 5.11. The summed E-state index contributed by atoms with van der Waals surface area (Å²) in [4.78, 5) is 13.3. The fourth-order valence-corrected chi connectivity index (χ4v) is 1.52. The molecule has 1 atom stereocenters. The van der Waals surface area contributed by atoms with Gasteiger partial charge in [0.1, 0.15) is 0 Å². The summed E-state index contributed by atoms with van der Waals surface area (Å²) in [5.41, 5.74) is 7.76. The molecule has 1 aromatic rings. The molecule has 94 valence electrons. The minimum Gasteiger partial charge on any atom is -0.397 e. The lowest BCUT2D eigenvalue weighted by Gasteiger charge is -2.26. The summed E-state index contributed by atoms with van der Waals surface area (Å²) in [7, 11) is 3.43. The highest BCUT2D eigenvalue weighted by atomic mass is 16.3. The molecule has 0 saturated carbocycles. The van der Waals surface area contributed by atoms with Gasteiger partial charge in [0.05, 0.1) is 18.0 Å². The first kappa shape index (κ1) is 13.3. The van der Waals surface area contributed by atoms with E-state index in [9.17, 15) is 4.79 Å². The van der Waals surface area contributed by atoms with E-state index in [1.165, 1.54) is 0 Å². The van der Waals surface area contributed by atoms with Crippen LogP contribution >= 0.6 is 0 Å². The van der Waals surface area contributed by atoms with Gasteiger partial charge in [0.2, 0.25) is 0 Å². The minimum absolute atomic E-state index is 0.0249. The normalized spacial score (nSPS) is 12.0. The number of hydrogen-bond donors (Lipinski definition) is 3. The Morgan fingerprint density at radius 3 is 2.71 bits per heavy atom. The fraction of sp³-hybridized carbons (Fsp3) is 0.417. The molecule has 4 N–H and O–H groups in total. The van der Waals surface area contributed by atoms with Crippen LogP contribution in [0.25, 0.3) is 0 Å². The van der Waals surface area contributed by atoms with Crippen LogP contribution in [0.3, 0.4) is 0 Å².